The van der Waals surface area contributed by atoms with E-state index >= 15 is 0 Å². The van der Waals surface area contributed by atoms with Crippen LogP contribution in [0.3, 0.4) is 0 Å². The zero-order valence-corrected chi connectivity index (χ0v) is 10.0. The molecule has 0 radical (unpaired) electrons. The second-order valence-electron chi connectivity index (χ2n) is 3.77. The number of fused-ring (bicyclic) bond motifs is 1. The molecule has 5 nitrogen and oxygen atoms in total. The van der Waals surface area contributed by atoms with Crippen molar-refractivity contribution >= 4 is 17.9 Å². The molecule has 0 saturated carbocycles. The van der Waals surface area contributed by atoms with E-state index in [0.717, 1.165) is 0 Å². The van der Waals surface area contributed by atoms with Crippen molar-refractivity contribution in [2.45, 2.75) is 0 Å². The third kappa shape index (κ3) is 1.95. The molecule has 0 atom stereocenters. The second kappa shape index (κ2) is 4.91. The Labute approximate surface area is 105 Å². The van der Waals surface area contributed by atoms with Gasteiger partial charge in [0, 0.05) is 12.1 Å². The van der Waals surface area contributed by atoms with Gasteiger partial charge in [0.25, 0.3) is 5.91 Å². The predicted octanol–water partition coefficient (Wildman–Crippen LogP) is 1.42. The molecule has 0 saturated heterocycles. The highest BCUT2D eigenvalue weighted by Gasteiger charge is 2.27. The average Bonchev–Trinajstić information content (AvgIpc) is 2.40. The Bertz CT molecular complexity index is 510. The van der Waals surface area contributed by atoms with E-state index in [4.69, 9.17) is 9.47 Å². The highest BCUT2D eigenvalue weighted by atomic mass is 16.5. The maximum atomic E-state index is 11.8. The van der Waals surface area contributed by atoms with E-state index in [1.165, 1.54) is 12.0 Å². The molecule has 0 unspecified atom stereocenters. The molecule has 94 valence electrons. The number of aldehydes is 1. The van der Waals surface area contributed by atoms with Gasteiger partial charge < -0.3 is 14.4 Å². The lowest BCUT2D eigenvalue weighted by molar-refractivity contribution is -0.121. The van der Waals surface area contributed by atoms with E-state index in [-0.39, 0.29) is 12.5 Å². The monoisotopic (exact) mass is 247 g/mol. The summed E-state index contributed by atoms with van der Waals surface area (Å²) < 4.78 is 10.5. The molecule has 0 spiro atoms. The number of hydrogen-bond donors (Lipinski definition) is 0. The normalized spacial score (nSPS) is 13.6. The number of amides is 1. The summed E-state index contributed by atoms with van der Waals surface area (Å²) in [4.78, 5) is 24.2. The summed E-state index contributed by atoms with van der Waals surface area (Å²) in [5, 5.41) is 0. The van der Waals surface area contributed by atoms with Crippen LogP contribution in [0.4, 0.5) is 5.69 Å². The molecule has 1 heterocycles. The summed E-state index contributed by atoms with van der Waals surface area (Å²) in [5.41, 5.74) is 0.963. The van der Waals surface area contributed by atoms with Crippen LogP contribution in [0.5, 0.6) is 11.5 Å². The van der Waals surface area contributed by atoms with Crippen molar-refractivity contribution < 1.29 is 19.1 Å². The Morgan fingerprint density at radius 1 is 1.56 bits per heavy atom. The Morgan fingerprint density at radius 2 is 2.33 bits per heavy atom. The van der Waals surface area contributed by atoms with Crippen molar-refractivity contribution in [1.29, 1.82) is 0 Å². The number of methoxy groups -OCH3 is 1. The third-order valence-electron chi connectivity index (χ3n) is 2.66. The number of anilines is 1. The van der Waals surface area contributed by atoms with Crippen LogP contribution in [-0.4, -0.2) is 32.5 Å². The molecule has 0 N–H and O–H groups in total. The maximum Gasteiger partial charge on any atom is 0.265 e. The molecular formula is C13H13NO4. The molecule has 0 fully saturated rings. The molecule has 18 heavy (non-hydrogen) atoms. The van der Waals surface area contributed by atoms with Crippen molar-refractivity contribution in [2.75, 3.05) is 25.2 Å². The van der Waals surface area contributed by atoms with Gasteiger partial charge in [0.2, 0.25) is 0 Å². The van der Waals surface area contributed by atoms with Gasteiger partial charge in [-0.05, 0) is 12.1 Å². The van der Waals surface area contributed by atoms with Crippen molar-refractivity contribution in [3.05, 3.63) is 30.4 Å². The molecule has 0 bridgehead atoms. The van der Waals surface area contributed by atoms with Gasteiger partial charge in [-0.25, -0.2) is 0 Å². The average molecular weight is 247 g/mol. The minimum absolute atomic E-state index is 0.0440. The highest BCUT2D eigenvalue weighted by molar-refractivity contribution is 6.00. The van der Waals surface area contributed by atoms with Crippen LogP contribution in [-0.2, 0) is 4.79 Å². The molecule has 1 aliphatic heterocycles. The number of benzene rings is 1. The third-order valence-corrected chi connectivity index (χ3v) is 2.66. The largest absolute Gasteiger partial charge is 0.493 e. The fraction of sp³-hybridized carbons (Fsp3) is 0.231. The Balaban J connectivity index is 2.58. The molecule has 1 aromatic rings. The van der Waals surface area contributed by atoms with Crippen molar-refractivity contribution in [3.8, 4) is 11.5 Å². The van der Waals surface area contributed by atoms with Gasteiger partial charge in [0.05, 0.1) is 12.8 Å². The fourth-order valence-corrected chi connectivity index (χ4v) is 1.85. The fourth-order valence-electron chi connectivity index (χ4n) is 1.85. The minimum Gasteiger partial charge on any atom is -0.493 e. The topological polar surface area (TPSA) is 55.8 Å². The van der Waals surface area contributed by atoms with Gasteiger partial charge in [-0.3, -0.25) is 9.59 Å². The lowest BCUT2D eigenvalue weighted by Gasteiger charge is -2.29. The molecule has 0 aromatic heterocycles. The maximum absolute atomic E-state index is 11.8. The summed E-state index contributed by atoms with van der Waals surface area (Å²) in [6, 6.07) is 3.18. The van der Waals surface area contributed by atoms with Gasteiger partial charge in [-0.1, -0.05) is 6.08 Å². The molecule has 2 rings (SSSR count). The van der Waals surface area contributed by atoms with Crippen LogP contribution in [0, 0.1) is 0 Å². The van der Waals surface area contributed by atoms with Crippen molar-refractivity contribution in [2.24, 2.45) is 0 Å². The number of hydrogen-bond acceptors (Lipinski definition) is 4. The zero-order chi connectivity index (χ0) is 13.1. The highest BCUT2D eigenvalue weighted by Crippen LogP contribution is 2.41. The number of carbonyl (C=O) groups is 2. The van der Waals surface area contributed by atoms with Gasteiger partial charge in [0.1, 0.15) is 6.29 Å². The van der Waals surface area contributed by atoms with Crippen LogP contribution in [0.15, 0.2) is 24.8 Å². The smallest absolute Gasteiger partial charge is 0.265 e. The van der Waals surface area contributed by atoms with E-state index < -0.39 is 0 Å². The Hall–Kier alpha value is -2.30. The molecule has 1 amide bonds. The zero-order valence-electron chi connectivity index (χ0n) is 10.0. The second-order valence-corrected chi connectivity index (χ2v) is 3.77. The first-order valence-electron chi connectivity index (χ1n) is 5.42. The summed E-state index contributed by atoms with van der Waals surface area (Å²) in [7, 11) is 1.49. The summed E-state index contributed by atoms with van der Waals surface area (Å²) in [6.45, 7) is 3.93. The van der Waals surface area contributed by atoms with E-state index in [2.05, 4.69) is 6.58 Å². The van der Waals surface area contributed by atoms with Gasteiger partial charge in [-0.2, -0.15) is 0 Å². The van der Waals surface area contributed by atoms with Crippen LogP contribution in [0.2, 0.25) is 0 Å². The van der Waals surface area contributed by atoms with Crippen molar-refractivity contribution in [1.82, 2.24) is 0 Å². The molecular weight excluding hydrogens is 234 g/mol. The Morgan fingerprint density at radius 3 is 2.94 bits per heavy atom. The van der Waals surface area contributed by atoms with E-state index in [1.807, 2.05) is 0 Å². The van der Waals surface area contributed by atoms with Gasteiger partial charge in [-0.15, -0.1) is 6.58 Å². The Kier molecular flexibility index (Phi) is 3.32. The van der Waals surface area contributed by atoms with Gasteiger partial charge in [0.15, 0.2) is 18.1 Å². The summed E-state index contributed by atoms with van der Waals surface area (Å²) in [5.74, 6) is 0.744. The lowest BCUT2D eigenvalue weighted by atomic mass is 10.1. The molecule has 0 aliphatic carbocycles. The number of carbonyl (C=O) groups excluding carboxylic acids is 2. The molecule has 1 aliphatic rings. The van der Waals surface area contributed by atoms with Crippen LogP contribution >= 0.6 is 0 Å². The number of ether oxygens (including phenoxy) is 2. The number of nitrogens with zero attached hydrogens (tertiary/aromatic N) is 1. The number of rotatable bonds is 4. The lowest BCUT2D eigenvalue weighted by Crippen LogP contribution is -2.39. The first-order chi connectivity index (χ1) is 8.71. The quantitative estimate of drug-likeness (QED) is 0.596. The van der Waals surface area contributed by atoms with Crippen LogP contribution in [0.1, 0.15) is 10.4 Å². The van der Waals surface area contributed by atoms with Crippen molar-refractivity contribution in [3.63, 3.8) is 0 Å². The van der Waals surface area contributed by atoms with E-state index in [0.29, 0.717) is 35.6 Å². The first kappa shape index (κ1) is 12.2. The van der Waals surface area contributed by atoms with Crippen LogP contribution in [0.25, 0.3) is 0 Å². The van der Waals surface area contributed by atoms with Gasteiger partial charge >= 0.3 is 0 Å². The van der Waals surface area contributed by atoms with E-state index in [9.17, 15) is 9.59 Å². The minimum atomic E-state index is -0.174. The van der Waals surface area contributed by atoms with Crippen LogP contribution < -0.4 is 14.4 Å². The molecule has 1 aromatic carbocycles. The van der Waals surface area contributed by atoms with E-state index in [1.54, 1.807) is 18.2 Å². The first-order valence-corrected chi connectivity index (χ1v) is 5.42. The summed E-state index contributed by atoms with van der Waals surface area (Å²) >= 11 is 0. The standard InChI is InChI=1S/C13H13NO4/c1-3-4-14-10-5-9(7-15)6-11(17-2)13(10)18-8-12(14)16/h3,5-7H,1,4,8H2,2H3. The SMILES string of the molecule is C=CCN1C(=O)COc2c(OC)cc(C=O)cc21. The predicted molar refractivity (Wildman–Crippen MR) is 66.4 cm³/mol. The molecule has 5 heteroatoms. The summed E-state index contributed by atoms with van der Waals surface area (Å²) in [6.07, 6.45) is 2.32.